The molecule has 0 unspecified atom stereocenters. The fourth-order valence-electron chi connectivity index (χ4n) is 4.73. The van der Waals surface area contributed by atoms with Crippen molar-refractivity contribution in [3.63, 3.8) is 0 Å². The van der Waals surface area contributed by atoms with E-state index >= 15 is 0 Å². The summed E-state index contributed by atoms with van der Waals surface area (Å²) in [6.45, 7) is 4.89. The molecule has 36 heavy (non-hydrogen) atoms. The molecule has 2 amide bonds. The van der Waals surface area contributed by atoms with Gasteiger partial charge in [0.2, 0.25) is 5.91 Å². The van der Waals surface area contributed by atoms with E-state index in [0.29, 0.717) is 30.4 Å². The number of rotatable bonds is 8. The molecule has 2 aliphatic rings. The van der Waals surface area contributed by atoms with E-state index < -0.39 is 35.7 Å². The SMILES string of the molecule is CCCOc1ccc([C@@H]2[C@H]3C(=O)N(c4cccc(F)c4)C(=O)[C@H]3ON2c2ccccc2)cc1OCC. The number of carbonyl (C=O) groups is 2. The number of hydrogen-bond acceptors (Lipinski definition) is 6. The molecular weight excluding hydrogens is 463 g/mol. The van der Waals surface area contributed by atoms with E-state index in [-0.39, 0.29) is 5.69 Å². The molecule has 3 atom stereocenters. The molecule has 8 heteroatoms. The van der Waals surface area contributed by atoms with Gasteiger partial charge in [-0.25, -0.2) is 14.4 Å². The maximum absolute atomic E-state index is 13.9. The summed E-state index contributed by atoms with van der Waals surface area (Å²) >= 11 is 0. The second kappa shape index (κ2) is 9.99. The number of hydrogen-bond donors (Lipinski definition) is 0. The minimum Gasteiger partial charge on any atom is -0.490 e. The van der Waals surface area contributed by atoms with Gasteiger partial charge in [-0.3, -0.25) is 14.4 Å². The van der Waals surface area contributed by atoms with Crippen LogP contribution in [0.15, 0.2) is 72.8 Å². The Kier molecular flexibility index (Phi) is 6.61. The molecule has 0 spiro atoms. The van der Waals surface area contributed by atoms with Gasteiger partial charge in [0.15, 0.2) is 17.6 Å². The second-order valence-electron chi connectivity index (χ2n) is 8.64. The average molecular weight is 491 g/mol. The molecule has 0 saturated carbocycles. The van der Waals surface area contributed by atoms with E-state index in [2.05, 4.69) is 0 Å². The lowest BCUT2D eigenvalue weighted by Gasteiger charge is -2.29. The first-order valence-electron chi connectivity index (χ1n) is 12.1. The molecule has 186 valence electrons. The van der Waals surface area contributed by atoms with Crippen LogP contribution >= 0.6 is 0 Å². The summed E-state index contributed by atoms with van der Waals surface area (Å²) in [6, 6.07) is 19.7. The van der Waals surface area contributed by atoms with Crippen molar-refractivity contribution in [3.05, 3.63) is 84.2 Å². The van der Waals surface area contributed by atoms with Crippen LogP contribution in [0.4, 0.5) is 15.8 Å². The van der Waals surface area contributed by atoms with Crippen LogP contribution in [0.25, 0.3) is 0 Å². The predicted molar refractivity (Wildman–Crippen MR) is 132 cm³/mol. The maximum atomic E-state index is 13.9. The van der Waals surface area contributed by atoms with Gasteiger partial charge in [0.25, 0.3) is 5.91 Å². The van der Waals surface area contributed by atoms with Gasteiger partial charge in [0.1, 0.15) is 11.7 Å². The van der Waals surface area contributed by atoms with Gasteiger partial charge in [-0.05, 0) is 61.4 Å². The highest BCUT2D eigenvalue weighted by atomic mass is 19.1. The highest BCUT2D eigenvalue weighted by Gasteiger charge is 2.60. The third-order valence-corrected chi connectivity index (χ3v) is 6.26. The Morgan fingerprint density at radius 2 is 1.64 bits per heavy atom. The molecule has 3 aromatic carbocycles. The molecule has 3 aromatic rings. The monoisotopic (exact) mass is 490 g/mol. The Morgan fingerprint density at radius 1 is 0.861 bits per heavy atom. The van der Waals surface area contributed by atoms with Crippen molar-refractivity contribution in [2.45, 2.75) is 32.4 Å². The number of carbonyl (C=O) groups excluding carboxylic acids is 2. The van der Waals surface area contributed by atoms with E-state index in [9.17, 15) is 14.0 Å². The van der Waals surface area contributed by atoms with Gasteiger partial charge in [-0.1, -0.05) is 37.3 Å². The van der Waals surface area contributed by atoms with Crippen molar-refractivity contribution in [2.24, 2.45) is 5.92 Å². The number of halogens is 1. The molecule has 0 N–H and O–H groups in total. The van der Waals surface area contributed by atoms with Gasteiger partial charge >= 0.3 is 0 Å². The minimum atomic E-state index is -1.04. The van der Waals surface area contributed by atoms with Crippen LogP contribution in [0.5, 0.6) is 11.5 Å². The number of amides is 2. The van der Waals surface area contributed by atoms with Gasteiger partial charge in [0, 0.05) is 0 Å². The zero-order valence-electron chi connectivity index (χ0n) is 20.1. The molecular formula is C28H27FN2O5. The fourth-order valence-corrected chi connectivity index (χ4v) is 4.73. The van der Waals surface area contributed by atoms with Crippen LogP contribution in [0, 0.1) is 11.7 Å². The number of nitrogens with zero attached hydrogens (tertiary/aromatic N) is 2. The zero-order valence-corrected chi connectivity index (χ0v) is 20.1. The lowest BCUT2D eigenvalue weighted by atomic mass is 9.90. The van der Waals surface area contributed by atoms with Gasteiger partial charge in [-0.2, -0.15) is 0 Å². The van der Waals surface area contributed by atoms with E-state index in [1.54, 1.807) is 5.06 Å². The smallest absolute Gasteiger partial charge is 0.266 e. The number of para-hydroxylation sites is 1. The Hall–Kier alpha value is -3.91. The number of imide groups is 1. The molecule has 0 bridgehead atoms. The predicted octanol–water partition coefficient (Wildman–Crippen LogP) is 5.06. The first kappa shape index (κ1) is 23.8. The summed E-state index contributed by atoms with van der Waals surface area (Å²) in [5, 5.41) is 1.62. The Morgan fingerprint density at radius 3 is 2.36 bits per heavy atom. The van der Waals surface area contributed by atoms with Crippen LogP contribution in [-0.2, 0) is 14.4 Å². The third-order valence-electron chi connectivity index (χ3n) is 6.26. The molecule has 0 radical (unpaired) electrons. The number of benzene rings is 3. The van der Waals surface area contributed by atoms with E-state index in [0.717, 1.165) is 16.9 Å². The Labute approximate surface area is 208 Å². The summed E-state index contributed by atoms with van der Waals surface area (Å²) in [5.74, 6) is -1.16. The van der Waals surface area contributed by atoms with Crippen LogP contribution in [0.2, 0.25) is 0 Å². The lowest BCUT2D eigenvalue weighted by Crippen LogP contribution is -2.37. The molecule has 2 fully saturated rings. The molecule has 0 aliphatic carbocycles. The third kappa shape index (κ3) is 4.18. The Bertz CT molecular complexity index is 1270. The summed E-state index contributed by atoms with van der Waals surface area (Å²) in [5.41, 5.74) is 1.63. The molecule has 2 heterocycles. The van der Waals surface area contributed by atoms with Gasteiger partial charge in [0.05, 0.1) is 30.6 Å². The van der Waals surface area contributed by atoms with E-state index in [1.165, 1.54) is 24.3 Å². The van der Waals surface area contributed by atoms with Crippen LogP contribution in [0.3, 0.4) is 0 Å². The van der Waals surface area contributed by atoms with Crippen molar-refractivity contribution in [3.8, 4) is 11.5 Å². The second-order valence-corrected chi connectivity index (χ2v) is 8.64. The van der Waals surface area contributed by atoms with E-state index in [1.807, 2.05) is 62.4 Å². The summed E-state index contributed by atoms with van der Waals surface area (Å²) in [7, 11) is 0. The van der Waals surface area contributed by atoms with E-state index in [4.69, 9.17) is 14.3 Å². The quantitative estimate of drug-likeness (QED) is 0.411. The van der Waals surface area contributed by atoms with Gasteiger partial charge in [-0.15, -0.1) is 0 Å². The minimum absolute atomic E-state index is 0.186. The first-order chi connectivity index (χ1) is 17.5. The van der Waals surface area contributed by atoms with Crippen molar-refractivity contribution in [2.75, 3.05) is 23.2 Å². The van der Waals surface area contributed by atoms with Crippen LogP contribution in [-0.4, -0.2) is 31.1 Å². The largest absolute Gasteiger partial charge is 0.490 e. The lowest BCUT2D eigenvalue weighted by molar-refractivity contribution is -0.126. The van der Waals surface area contributed by atoms with Crippen LogP contribution in [0.1, 0.15) is 31.9 Å². The van der Waals surface area contributed by atoms with Crippen LogP contribution < -0.4 is 19.4 Å². The Balaban J connectivity index is 1.58. The average Bonchev–Trinajstić information content (AvgIpc) is 3.39. The summed E-state index contributed by atoms with van der Waals surface area (Å²) in [4.78, 5) is 34.3. The van der Waals surface area contributed by atoms with Crippen molar-refractivity contribution >= 4 is 23.2 Å². The van der Waals surface area contributed by atoms with Crippen molar-refractivity contribution in [1.29, 1.82) is 0 Å². The normalized spacial score (nSPS) is 21.1. The van der Waals surface area contributed by atoms with Gasteiger partial charge < -0.3 is 9.47 Å². The highest BCUT2D eigenvalue weighted by molar-refractivity contribution is 6.23. The summed E-state index contributed by atoms with van der Waals surface area (Å²) < 4.78 is 25.6. The number of fused-ring (bicyclic) bond motifs is 1. The summed E-state index contributed by atoms with van der Waals surface area (Å²) in [6.07, 6.45) is -0.195. The topological polar surface area (TPSA) is 68.3 Å². The van der Waals surface area contributed by atoms with Crippen molar-refractivity contribution < 1.29 is 28.3 Å². The highest BCUT2D eigenvalue weighted by Crippen LogP contribution is 2.48. The maximum Gasteiger partial charge on any atom is 0.266 e. The standard InChI is InChI=1S/C28H27FN2O5/c1-3-15-35-22-14-13-18(16-23(22)34-4-2)25-24-26(36-31(25)20-10-6-5-7-11-20)28(33)30(27(24)32)21-12-8-9-19(29)17-21/h5-14,16-17,24-26H,3-4,15H2,1-2H3/t24-,25-,26+/m1/s1. The molecule has 2 aliphatic heterocycles. The van der Waals surface area contributed by atoms with Crippen molar-refractivity contribution in [1.82, 2.24) is 0 Å². The fraction of sp³-hybridized carbons (Fsp3) is 0.286. The first-order valence-corrected chi connectivity index (χ1v) is 12.1. The molecule has 2 saturated heterocycles. The molecule has 0 aromatic heterocycles. The zero-order chi connectivity index (χ0) is 25.2. The molecule has 7 nitrogen and oxygen atoms in total. The number of hydroxylamine groups is 1. The molecule has 5 rings (SSSR count). The number of ether oxygens (including phenoxy) is 2. The number of anilines is 2.